The van der Waals surface area contributed by atoms with Crippen molar-refractivity contribution in [3.63, 3.8) is 0 Å². The van der Waals surface area contributed by atoms with E-state index >= 15 is 105 Å². The maximum atomic E-state index is 17.0. The quantitative estimate of drug-likeness (QED) is 0.0650. The molecule has 0 atom stereocenters. The van der Waals surface area contributed by atoms with Gasteiger partial charge in [0.05, 0.1) is 0 Å². The molecule has 0 heterocycles. The summed E-state index contributed by atoms with van der Waals surface area (Å²) < 4.78 is 408. The molecule has 25 heteroatoms. The summed E-state index contributed by atoms with van der Waals surface area (Å²) in [5.74, 6) is 0. The summed E-state index contributed by atoms with van der Waals surface area (Å²) in [6, 6.07) is 21.2. The van der Waals surface area contributed by atoms with Gasteiger partial charge in [0.1, 0.15) is 0 Å². The normalized spacial score (nSPS) is 14.3. The standard InChI is InChI=1S/C70H45BF24/c72-63(73,74)49-31-50(64(75,76)77)36-57(35-49)71(58-37-51(65(78,79)80)32-52(38-58)66(81,82)83,59-39-53(67(84,85)86)33-54(40-59)68(87,88)89,60-41-55(69(90,91)92)34-56(42-60)70(93,94)95,61(43-19-7-1-8-20-43,44-21-9-2-10-22-44)45-23-11-3-12-24-45)62(46-25-13-4-14-26-46,47-27-15-5-16-28-47)48-29-17-6-18-30-48/h1-42H,71H3/q-6. The van der Waals surface area contributed by atoms with Gasteiger partial charge in [-0.3, -0.25) is 0 Å². The van der Waals surface area contributed by atoms with E-state index in [1.807, 2.05) is 0 Å². The van der Waals surface area contributed by atoms with Crippen LogP contribution in [0.1, 0.15) is 77.9 Å². The van der Waals surface area contributed by atoms with Gasteiger partial charge in [0, 0.05) is 0 Å². The molecule has 0 unspecified atom stereocenters. The number of rotatable bonds is 12. The zero-order valence-electron chi connectivity index (χ0n) is 47.3. The van der Waals surface area contributed by atoms with Crippen molar-refractivity contribution in [2.45, 2.75) is 60.0 Å². The molecule has 10 rings (SSSR count). The minimum atomic E-state index is -13.7. The van der Waals surface area contributed by atoms with Gasteiger partial charge in [-0.05, 0) is 0 Å². The molecule has 0 bridgehead atoms. The van der Waals surface area contributed by atoms with Gasteiger partial charge in [-0.2, -0.15) is 0 Å². The molecule has 0 nitrogen and oxygen atoms in total. The first kappa shape index (κ1) is 68.4. The fourth-order valence-electron chi connectivity index (χ4n) is 7.83. The second-order valence-corrected chi connectivity index (χ2v) is 19.0. The van der Waals surface area contributed by atoms with Crippen molar-refractivity contribution in [3.05, 3.63) is 333 Å². The van der Waals surface area contributed by atoms with Crippen molar-refractivity contribution in [2.75, 3.05) is 0 Å². The Morgan fingerprint density at radius 2 is 0.263 bits per heavy atom. The van der Waals surface area contributed by atoms with E-state index in [1.165, 1.54) is 0 Å². The molecule has 0 amide bonds. The number of alkyl halides is 24. The minimum absolute atomic E-state index is 0.424. The van der Waals surface area contributed by atoms with Crippen LogP contribution >= 0.6 is 0 Å². The average Bonchev–Trinajstić information content (AvgIpc) is 0.576. The molecule has 10 aromatic carbocycles. The summed E-state index contributed by atoms with van der Waals surface area (Å²) in [6.07, 6.45) is -51.5. The van der Waals surface area contributed by atoms with E-state index in [4.69, 9.17) is 0 Å². The van der Waals surface area contributed by atoms with Crippen LogP contribution in [-0.2, 0) is 60.0 Å². The van der Waals surface area contributed by atoms with E-state index in [0.717, 1.165) is 182 Å². The summed E-state index contributed by atoms with van der Waals surface area (Å²) in [5, 5.41) is -22.0. The third kappa shape index (κ3) is 9.97. The zero-order chi connectivity index (χ0) is 69.5. The first-order valence-electron chi connectivity index (χ1n) is 26.4. The van der Waals surface area contributed by atoms with Gasteiger partial charge >= 0.3 is 525 Å². The molecule has 0 aromatic heterocycles. The SMILES string of the molecule is FC(F)(F)c1cc(C(F)(F)F)cc([BH3-6](c2cc(C(F)(F)F)cc(C(F)(F)F)c2)(c2cc(C(F)(F)F)cc(C(F)(F)F)c2)(c2cc(C(F)(F)F)cc(C(F)(F)F)c2)(C(c2ccccc2)(c2ccccc2)c2ccccc2)C(c2ccccc2)(c2ccccc2)c2ccccc2)c1. The van der Waals surface area contributed by atoms with Gasteiger partial charge in [-0.25, -0.2) is 0 Å². The Labute approximate surface area is 523 Å². The Balaban J connectivity index is 2.05. The first-order valence-corrected chi connectivity index (χ1v) is 26.4. The molecule has 0 N–H and O–H groups in total. The van der Waals surface area contributed by atoms with Crippen LogP contribution < -0.4 is 21.9 Å². The predicted molar refractivity (Wildman–Crippen MR) is 313 cm³/mol. The van der Waals surface area contributed by atoms with Gasteiger partial charge in [0.15, 0.2) is 0 Å². The van der Waals surface area contributed by atoms with E-state index < -0.39 is 238 Å². The Hall–Kier alpha value is -9.42. The van der Waals surface area contributed by atoms with Crippen LogP contribution in [0.3, 0.4) is 0 Å². The van der Waals surface area contributed by atoms with Crippen LogP contribution in [-0.4, -0.2) is 5.01 Å². The molecule has 0 radical (unpaired) electrons. The molecule has 0 saturated heterocycles. The zero-order valence-corrected chi connectivity index (χ0v) is 47.3. The molecule has 0 aliphatic carbocycles. The van der Waals surface area contributed by atoms with Gasteiger partial charge in [0.2, 0.25) is 0 Å². The summed E-state index contributed by atoms with van der Waals surface area (Å²) in [7, 11) is 0. The molecule has 10 aromatic rings. The van der Waals surface area contributed by atoms with Crippen molar-refractivity contribution in [1.29, 1.82) is 0 Å². The summed E-state index contributed by atoms with van der Waals surface area (Å²) in [5.41, 5.74) is -37.0. The van der Waals surface area contributed by atoms with Crippen molar-refractivity contribution in [1.82, 2.24) is 0 Å². The van der Waals surface area contributed by atoms with Crippen molar-refractivity contribution in [2.24, 2.45) is 0 Å². The predicted octanol–water partition coefficient (Wildman–Crippen LogP) is 19.5. The first-order chi connectivity index (χ1) is 44.1. The van der Waals surface area contributed by atoms with E-state index in [1.54, 1.807) is 0 Å². The van der Waals surface area contributed by atoms with E-state index in [2.05, 4.69) is 0 Å². The van der Waals surface area contributed by atoms with Crippen LogP contribution in [0, 0.1) is 0 Å². The van der Waals surface area contributed by atoms with Crippen molar-refractivity contribution < 1.29 is 105 Å². The Kier molecular flexibility index (Phi) is 16.3. The van der Waals surface area contributed by atoms with E-state index in [0.29, 0.717) is 0 Å². The van der Waals surface area contributed by atoms with Gasteiger partial charge in [-0.15, -0.1) is 0 Å². The Bertz CT molecular complexity index is 3660. The molecule has 0 aliphatic rings. The fourth-order valence-corrected chi connectivity index (χ4v) is 7.83. The fraction of sp³-hybridized carbons (Fsp3) is 0.143. The average molecular weight is 1350 g/mol. The maximum absolute atomic E-state index is 17.0. The van der Waals surface area contributed by atoms with Crippen molar-refractivity contribution >= 4 is 26.9 Å². The van der Waals surface area contributed by atoms with Crippen LogP contribution in [0.2, 0.25) is 0 Å². The molecule has 0 fully saturated rings. The molecule has 0 spiro atoms. The molecular weight excluding hydrogens is 1310 g/mol. The van der Waals surface area contributed by atoms with Crippen LogP contribution in [0.15, 0.2) is 255 Å². The number of benzene rings is 10. The monoisotopic (exact) mass is 1350 g/mol. The van der Waals surface area contributed by atoms with Crippen LogP contribution in [0.25, 0.3) is 0 Å². The van der Waals surface area contributed by atoms with Crippen molar-refractivity contribution in [3.8, 4) is 0 Å². The van der Waals surface area contributed by atoms with Gasteiger partial charge in [0.25, 0.3) is 0 Å². The van der Waals surface area contributed by atoms with Gasteiger partial charge in [-0.1, -0.05) is 0 Å². The Morgan fingerprint density at radius 1 is 0.147 bits per heavy atom. The second kappa shape index (κ2) is 22.6. The molecular formula is C70H45BF24-6. The number of hydrogen-bond donors (Lipinski definition) is 0. The summed E-state index contributed by atoms with van der Waals surface area (Å²) in [6.45, 7) is 0. The third-order valence-corrected chi connectivity index (χ3v) is 12.1. The molecule has 0 saturated carbocycles. The molecule has 502 valence electrons. The molecule has 95 heavy (non-hydrogen) atoms. The van der Waals surface area contributed by atoms with Crippen LogP contribution in [0.5, 0.6) is 0 Å². The number of hydrogen-bond acceptors (Lipinski definition) is 0. The second-order valence-electron chi connectivity index (χ2n) is 19.0. The summed E-state index contributed by atoms with van der Waals surface area (Å²) >= 11 is 0. The van der Waals surface area contributed by atoms with Crippen LogP contribution in [0.4, 0.5) is 105 Å². The number of halogens is 24. The van der Waals surface area contributed by atoms with E-state index in [-0.39, 0.29) is 0 Å². The summed E-state index contributed by atoms with van der Waals surface area (Å²) in [4.78, 5) is 0. The van der Waals surface area contributed by atoms with Gasteiger partial charge < -0.3 is 0 Å². The third-order valence-electron chi connectivity index (χ3n) is 12.1. The topological polar surface area (TPSA) is 0 Å². The molecule has 0 aliphatic heterocycles. The Morgan fingerprint density at radius 3 is 0.368 bits per heavy atom. The van der Waals surface area contributed by atoms with E-state index in [9.17, 15) is 0 Å².